The minimum atomic E-state index is -0.467. The standard InChI is InChI=1S/C55H34N2O2/c1-2-15-35(16-3-1)56(36-17-14-18-37(33-36)57-48-27-12-7-21-41(48)42-22-8-13-28-49(42)57)38-29-31-50-52(34-38)59-54-51(58-50)32-30-47-53(54)43-23-6-11-26-46(43)55(47)44-24-9-4-19-39(44)40-20-5-10-25-45(40)55/h1-34H. The van der Waals surface area contributed by atoms with Crippen LogP contribution in [0.3, 0.4) is 0 Å². The van der Waals surface area contributed by atoms with E-state index in [9.17, 15) is 0 Å². The first-order chi connectivity index (χ1) is 29.3. The molecule has 0 saturated carbocycles. The maximum atomic E-state index is 7.14. The van der Waals surface area contributed by atoms with Gasteiger partial charge in [0.1, 0.15) is 0 Å². The van der Waals surface area contributed by atoms with E-state index in [1.54, 1.807) is 0 Å². The molecule has 2 aliphatic carbocycles. The Hall–Kier alpha value is -7.82. The molecule has 0 radical (unpaired) electrons. The summed E-state index contributed by atoms with van der Waals surface area (Å²) in [5, 5.41) is 2.48. The number of fused-ring (bicyclic) bond motifs is 16. The largest absolute Gasteiger partial charge is 0.449 e. The van der Waals surface area contributed by atoms with Crippen LogP contribution in [0.15, 0.2) is 206 Å². The van der Waals surface area contributed by atoms with E-state index in [2.05, 4.69) is 210 Å². The molecule has 10 aromatic rings. The van der Waals surface area contributed by atoms with Crippen molar-refractivity contribution in [3.8, 4) is 50.9 Å². The minimum absolute atomic E-state index is 0.467. The molecule has 0 amide bonds. The zero-order chi connectivity index (χ0) is 38.7. The molecule has 0 unspecified atom stereocenters. The molecular formula is C55H34N2O2. The number of rotatable bonds is 4. The van der Waals surface area contributed by atoms with E-state index < -0.39 is 5.41 Å². The summed E-state index contributed by atoms with van der Waals surface area (Å²) >= 11 is 0. The molecule has 0 N–H and O–H groups in total. The van der Waals surface area contributed by atoms with Crippen molar-refractivity contribution >= 4 is 38.9 Å². The molecule has 1 aliphatic heterocycles. The highest BCUT2D eigenvalue weighted by Crippen LogP contribution is 2.66. The summed E-state index contributed by atoms with van der Waals surface area (Å²) in [6.45, 7) is 0. The van der Waals surface area contributed by atoms with E-state index >= 15 is 0 Å². The summed E-state index contributed by atoms with van der Waals surface area (Å²) in [5.74, 6) is 2.83. The zero-order valence-corrected chi connectivity index (χ0v) is 31.8. The van der Waals surface area contributed by atoms with Gasteiger partial charge in [0.15, 0.2) is 23.0 Å². The van der Waals surface area contributed by atoms with Crippen molar-refractivity contribution in [1.82, 2.24) is 4.57 Å². The topological polar surface area (TPSA) is 26.6 Å². The fourth-order valence-corrected chi connectivity index (χ4v) is 10.3. The Bertz CT molecular complexity index is 3260. The lowest BCUT2D eigenvalue weighted by atomic mass is 9.70. The Labute approximate surface area is 341 Å². The zero-order valence-electron chi connectivity index (χ0n) is 31.8. The van der Waals surface area contributed by atoms with Crippen LogP contribution < -0.4 is 14.4 Å². The molecule has 0 saturated heterocycles. The van der Waals surface area contributed by atoms with Gasteiger partial charge in [-0.1, -0.05) is 140 Å². The van der Waals surface area contributed by atoms with E-state index in [0.29, 0.717) is 17.2 Å². The van der Waals surface area contributed by atoms with Gasteiger partial charge < -0.3 is 18.9 Å². The molecule has 1 aromatic heterocycles. The predicted molar refractivity (Wildman–Crippen MR) is 238 cm³/mol. The first-order valence-electron chi connectivity index (χ1n) is 20.2. The molecule has 2 heterocycles. The minimum Gasteiger partial charge on any atom is -0.449 e. The summed E-state index contributed by atoms with van der Waals surface area (Å²) in [4.78, 5) is 2.29. The Morgan fingerprint density at radius 1 is 0.373 bits per heavy atom. The normalized spacial score (nSPS) is 13.5. The van der Waals surface area contributed by atoms with Crippen molar-refractivity contribution < 1.29 is 9.47 Å². The van der Waals surface area contributed by atoms with E-state index in [1.165, 1.54) is 60.8 Å². The highest BCUT2D eigenvalue weighted by molar-refractivity contribution is 6.09. The number of ether oxygens (including phenoxy) is 2. The first-order valence-corrected chi connectivity index (χ1v) is 20.2. The Morgan fingerprint density at radius 3 is 1.64 bits per heavy atom. The lowest BCUT2D eigenvalue weighted by Gasteiger charge is -2.31. The van der Waals surface area contributed by atoms with Crippen molar-refractivity contribution in [1.29, 1.82) is 0 Å². The van der Waals surface area contributed by atoms with Crippen LogP contribution in [0.4, 0.5) is 17.1 Å². The molecule has 1 spiro atoms. The Balaban J connectivity index is 0.966. The van der Waals surface area contributed by atoms with Gasteiger partial charge in [-0.3, -0.25) is 0 Å². The number of hydrogen-bond acceptors (Lipinski definition) is 3. The number of benzene rings is 9. The summed E-state index contributed by atoms with van der Waals surface area (Å²) in [5.41, 5.74) is 15.9. The number of para-hydroxylation sites is 3. The maximum Gasteiger partial charge on any atom is 0.178 e. The monoisotopic (exact) mass is 754 g/mol. The molecule has 3 aliphatic rings. The number of nitrogens with zero attached hydrogens (tertiary/aromatic N) is 2. The van der Waals surface area contributed by atoms with E-state index in [-0.39, 0.29) is 0 Å². The Kier molecular flexibility index (Phi) is 6.62. The third-order valence-electron chi connectivity index (χ3n) is 12.6. The van der Waals surface area contributed by atoms with E-state index in [1.807, 2.05) is 6.07 Å². The molecule has 0 atom stereocenters. The van der Waals surface area contributed by atoms with Crippen LogP contribution in [-0.4, -0.2) is 4.57 Å². The third kappa shape index (κ3) is 4.37. The van der Waals surface area contributed by atoms with Gasteiger partial charge in [0.05, 0.1) is 22.1 Å². The molecule has 0 bridgehead atoms. The molecule has 4 heteroatoms. The van der Waals surface area contributed by atoms with Crippen LogP contribution in [0, 0.1) is 0 Å². The van der Waals surface area contributed by atoms with Crippen molar-refractivity contribution in [3.63, 3.8) is 0 Å². The van der Waals surface area contributed by atoms with Crippen LogP contribution in [0.25, 0.3) is 49.7 Å². The summed E-state index contributed by atoms with van der Waals surface area (Å²) in [6, 6.07) is 73.8. The van der Waals surface area contributed by atoms with Crippen LogP contribution in [-0.2, 0) is 5.41 Å². The summed E-state index contributed by atoms with van der Waals surface area (Å²) < 4.78 is 16.3. The van der Waals surface area contributed by atoms with Gasteiger partial charge in [0.2, 0.25) is 0 Å². The summed E-state index contributed by atoms with van der Waals surface area (Å²) in [7, 11) is 0. The van der Waals surface area contributed by atoms with Gasteiger partial charge in [-0.05, 0) is 99.6 Å². The van der Waals surface area contributed by atoms with Gasteiger partial charge in [0, 0.05) is 39.5 Å². The second kappa shape index (κ2) is 12.1. The van der Waals surface area contributed by atoms with Crippen molar-refractivity contribution in [2.24, 2.45) is 0 Å². The van der Waals surface area contributed by atoms with Crippen LogP contribution in [0.2, 0.25) is 0 Å². The molecule has 4 nitrogen and oxygen atoms in total. The molecule has 13 rings (SSSR count). The highest BCUT2D eigenvalue weighted by atomic mass is 16.6. The average molecular weight is 755 g/mol. The fourth-order valence-electron chi connectivity index (χ4n) is 10.3. The fraction of sp³-hybridized carbons (Fsp3) is 0.0182. The predicted octanol–water partition coefficient (Wildman–Crippen LogP) is 14.5. The molecule has 9 aromatic carbocycles. The molecule has 59 heavy (non-hydrogen) atoms. The van der Waals surface area contributed by atoms with Gasteiger partial charge in [0.25, 0.3) is 0 Å². The van der Waals surface area contributed by atoms with E-state index in [0.717, 1.165) is 34.1 Å². The molecule has 0 fully saturated rings. The van der Waals surface area contributed by atoms with Gasteiger partial charge in [-0.25, -0.2) is 0 Å². The van der Waals surface area contributed by atoms with Crippen LogP contribution in [0.1, 0.15) is 22.3 Å². The number of aromatic nitrogens is 1. The smallest absolute Gasteiger partial charge is 0.178 e. The second-order valence-corrected chi connectivity index (χ2v) is 15.6. The summed E-state index contributed by atoms with van der Waals surface area (Å²) in [6.07, 6.45) is 0. The van der Waals surface area contributed by atoms with Gasteiger partial charge in [-0.2, -0.15) is 0 Å². The highest BCUT2D eigenvalue weighted by Gasteiger charge is 2.53. The third-order valence-corrected chi connectivity index (χ3v) is 12.6. The second-order valence-electron chi connectivity index (χ2n) is 15.6. The average Bonchev–Trinajstić information content (AvgIpc) is 3.91. The van der Waals surface area contributed by atoms with Crippen molar-refractivity contribution in [3.05, 3.63) is 229 Å². The van der Waals surface area contributed by atoms with Crippen molar-refractivity contribution in [2.45, 2.75) is 5.41 Å². The molecule has 276 valence electrons. The maximum absolute atomic E-state index is 7.14. The van der Waals surface area contributed by atoms with Crippen LogP contribution in [0.5, 0.6) is 23.0 Å². The first kappa shape index (κ1) is 32.3. The Morgan fingerprint density at radius 2 is 0.932 bits per heavy atom. The van der Waals surface area contributed by atoms with Crippen molar-refractivity contribution in [2.75, 3.05) is 4.90 Å². The number of anilines is 3. The quantitative estimate of drug-likeness (QED) is 0.179. The number of hydrogen-bond donors (Lipinski definition) is 0. The lowest BCUT2D eigenvalue weighted by molar-refractivity contribution is 0.360. The lowest BCUT2D eigenvalue weighted by Crippen LogP contribution is -2.25. The van der Waals surface area contributed by atoms with E-state index in [4.69, 9.17) is 9.47 Å². The molecular weight excluding hydrogens is 721 g/mol. The van der Waals surface area contributed by atoms with Gasteiger partial charge >= 0.3 is 0 Å². The SMILES string of the molecule is c1ccc(N(c2cccc(-n3c4ccccc4c4ccccc43)c2)c2ccc3c(c2)Oc2c(ccc4c2-c2ccccc2C42c4ccccc4-c4ccccc42)O3)cc1. The van der Waals surface area contributed by atoms with Crippen LogP contribution >= 0.6 is 0 Å². The van der Waals surface area contributed by atoms with Gasteiger partial charge in [-0.15, -0.1) is 0 Å².